The lowest BCUT2D eigenvalue weighted by Crippen LogP contribution is -2.51. The zero-order chi connectivity index (χ0) is 21.5. The maximum absolute atomic E-state index is 13.1. The molecule has 1 aliphatic heterocycles. The summed E-state index contributed by atoms with van der Waals surface area (Å²) in [5.41, 5.74) is 1.35. The molecule has 2 aromatic heterocycles. The van der Waals surface area contributed by atoms with E-state index < -0.39 is 5.60 Å². The molecule has 0 bridgehead atoms. The van der Waals surface area contributed by atoms with Crippen LogP contribution in [0.3, 0.4) is 0 Å². The molecule has 3 heterocycles. The van der Waals surface area contributed by atoms with Crippen molar-refractivity contribution in [1.82, 2.24) is 19.6 Å². The first-order chi connectivity index (χ1) is 14.2. The van der Waals surface area contributed by atoms with Crippen molar-refractivity contribution >= 4 is 33.6 Å². The maximum atomic E-state index is 13.1. The lowest BCUT2D eigenvalue weighted by atomic mass is 10.2. The first kappa shape index (κ1) is 20.4. The molecule has 2 amide bonds. The number of carbonyl (C=O) groups is 2. The number of rotatable bonds is 2. The van der Waals surface area contributed by atoms with E-state index >= 15 is 0 Å². The lowest BCUT2D eigenvalue weighted by molar-refractivity contribution is 0.0141. The Balaban J connectivity index is 1.49. The van der Waals surface area contributed by atoms with E-state index in [2.05, 4.69) is 5.10 Å². The number of carbonyl (C=O) groups excluding carboxylic acids is 2. The van der Waals surface area contributed by atoms with Gasteiger partial charge < -0.3 is 14.5 Å². The smallest absolute Gasteiger partial charge is 0.410 e. The summed E-state index contributed by atoms with van der Waals surface area (Å²) in [6.07, 6.45) is -0.324. The van der Waals surface area contributed by atoms with Crippen molar-refractivity contribution in [1.29, 1.82) is 0 Å². The molecular formula is C22H26N4O3S. The molecular weight excluding hydrogens is 400 g/mol. The minimum Gasteiger partial charge on any atom is -0.444 e. The Morgan fingerprint density at radius 3 is 2.30 bits per heavy atom. The largest absolute Gasteiger partial charge is 0.444 e. The summed E-state index contributed by atoms with van der Waals surface area (Å²) in [6.45, 7) is 9.46. The SMILES string of the molecule is Cc1nn(-c2ccccc2)c2sc(C(=O)N3CCN(C(=O)OC(C)(C)C)CC3)cc12. The summed E-state index contributed by atoms with van der Waals surface area (Å²) >= 11 is 1.46. The van der Waals surface area contributed by atoms with E-state index in [1.54, 1.807) is 9.80 Å². The Morgan fingerprint density at radius 1 is 1.03 bits per heavy atom. The Kier molecular flexibility index (Phi) is 5.27. The van der Waals surface area contributed by atoms with Crippen LogP contribution in [0.25, 0.3) is 15.9 Å². The Bertz CT molecular complexity index is 1070. The van der Waals surface area contributed by atoms with Gasteiger partial charge in [-0.15, -0.1) is 11.3 Å². The molecule has 1 aliphatic rings. The van der Waals surface area contributed by atoms with Crippen LogP contribution in [0.15, 0.2) is 36.4 Å². The molecule has 1 aromatic carbocycles. The van der Waals surface area contributed by atoms with Crippen LogP contribution in [0, 0.1) is 6.92 Å². The van der Waals surface area contributed by atoms with E-state index in [0.29, 0.717) is 31.1 Å². The standard InChI is InChI=1S/C22H26N4O3S/c1-15-17-14-18(30-20(17)26(23-15)16-8-6-5-7-9-16)19(27)24-10-12-25(13-11-24)21(28)29-22(2,3)4/h5-9,14H,10-13H2,1-4H3. The second-order valence-electron chi connectivity index (χ2n) is 8.42. The average molecular weight is 427 g/mol. The number of para-hydroxylation sites is 1. The van der Waals surface area contributed by atoms with Gasteiger partial charge in [0.15, 0.2) is 0 Å². The van der Waals surface area contributed by atoms with Crippen LogP contribution in [-0.2, 0) is 4.74 Å². The molecule has 0 spiro atoms. The molecule has 4 rings (SSSR count). The summed E-state index contributed by atoms with van der Waals surface area (Å²) in [4.78, 5) is 30.5. The second-order valence-corrected chi connectivity index (χ2v) is 9.45. The van der Waals surface area contributed by atoms with E-state index in [1.165, 1.54) is 11.3 Å². The fourth-order valence-corrected chi connectivity index (χ4v) is 4.62. The third kappa shape index (κ3) is 4.05. The first-order valence-electron chi connectivity index (χ1n) is 10.0. The van der Waals surface area contributed by atoms with Crippen LogP contribution in [0.1, 0.15) is 36.1 Å². The number of benzene rings is 1. The number of hydrogen-bond donors (Lipinski definition) is 0. The van der Waals surface area contributed by atoms with E-state index in [4.69, 9.17) is 4.74 Å². The molecule has 30 heavy (non-hydrogen) atoms. The fourth-order valence-electron chi connectivity index (χ4n) is 3.47. The second kappa shape index (κ2) is 7.75. The van der Waals surface area contributed by atoms with Gasteiger partial charge in [0.25, 0.3) is 5.91 Å². The molecule has 3 aromatic rings. The quantitative estimate of drug-likeness (QED) is 0.619. The van der Waals surface area contributed by atoms with Crippen LogP contribution in [0.2, 0.25) is 0 Å². The summed E-state index contributed by atoms with van der Waals surface area (Å²) in [6, 6.07) is 11.9. The van der Waals surface area contributed by atoms with Crippen LogP contribution in [-0.4, -0.2) is 63.4 Å². The summed E-state index contributed by atoms with van der Waals surface area (Å²) in [5, 5.41) is 5.64. The highest BCUT2D eigenvalue weighted by Crippen LogP contribution is 2.31. The van der Waals surface area contributed by atoms with Gasteiger partial charge in [-0.3, -0.25) is 4.79 Å². The number of fused-ring (bicyclic) bond motifs is 1. The summed E-state index contributed by atoms with van der Waals surface area (Å²) < 4.78 is 7.33. The molecule has 0 atom stereocenters. The highest BCUT2D eigenvalue weighted by atomic mass is 32.1. The minimum atomic E-state index is -0.522. The average Bonchev–Trinajstić information content (AvgIpc) is 3.28. The maximum Gasteiger partial charge on any atom is 0.410 e. The molecule has 7 nitrogen and oxygen atoms in total. The highest BCUT2D eigenvalue weighted by Gasteiger charge is 2.29. The summed E-state index contributed by atoms with van der Waals surface area (Å²) in [5.74, 6) is -0.000879. The fraction of sp³-hybridized carbons (Fsp3) is 0.409. The van der Waals surface area contributed by atoms with E-state index in [9.17, 15) is 9.59 Å². The predicted octanol–water partition coefficient (Wildman–Crippen LogP) is 4.09. The van der Waals surface area contributed by atoms with Crippen molar-refractivity contribution in [3.05, 3.63) is 47.0 Å². The molecule has 0 radical (unpaired) electrons. The lowest BCUT2D eigenvalue weighted by Gasteiger charge is -2.35. The molecule has 0 saturated carbocycles. The van der Waals surface area contributed by atoms with Gasteiger partial charge in [-0.05, 0) is 45.9 Å². The van der Waals surface area contributed by atoms with E-state index in [1.807, 2.05) is 68.8 Å². The third-order valence-corrected chi connectivity index (χ3v) is 6.07. The Morgan fingerprint density at radius 2 is 1.67 bits per heavy atom. The predicted molar refractivity (Wildman–Crippen MR) is 117 cm³/mol. The van der Waals surface area contributed by atoms with Crippen LogP contribution in [0.5, 0.6) is 0 Å². The monoisotopic (exact) mass is 426 g/mol. The molecule has 0 aliphatic carbocycles. The molecule has 0 N–H and O–H groups in total. The topological polar surface area (TPSA) is 67.7 Å². The molecule has 1 saturated heterocycles. The molecule has 8 heteroatoms. The molecule has 158 valence electrons. The van der Waals surface area contributed by atoms with Gasteiger partial charge in [-0.2, -0.15) is 5.10 Å². The highest BCUT2D eigenvalue weighted by molar-refractivity contribution is 7.20. The molecule has 1 fully saturated rings. The van der Waals surface area contributed by atoms with Gasteiger partial charge >= 0.3 is 6.09 Å². The zero-order valence-electron chi connectivity index (χ0n) is 17.7. The van der Waals surface area contributed by atoms with Crippen LogP contribution < -0.4 is 0 Å². The van der Waals surface area contributed by atoms with Crippen molar-refractivity contribution in [3.63, 3.8) is 0 Å². The number of aromatic nitrogens is 2. The van der Waals surface area contributed by atoms with Gasteiger partial charge in [0.05, 0.1) is 16.3 Å². The van der Waals surface area contributed by atoms with Crippen molar-refractivity contribution in [2.75, 3.05) is 26.2 Å². The number of thiophene rings is 1. The van der Waals surface area contributed by atoms with Gasteiger partial charge in [0.2, 0.25) is 0 Å². The van der Waals surface area contributed by atoms with Crippen LogP contribution >= 0.6 is 11.3 Å². The van der Waals surface area contributed by atoms with Gasteiger partial charge in [0, 0.05) is 31.6 Å². The molecule has 0 unspecified atom stereocenters. The van der Waals surface area contributed by atoms with Gasteiger partial charge in [-0.1, -0.05) is 18.2 Å². The number of aryl methyl sites for hydroxylation is 1. The number of piperazine rings is 1. The first-order valence-corrected chi connectivity index (χ1v) is 10.9. The van der Waals surface area contributed by atoms with Crippen molar-refractivity contribution in [2.45, 2.75) is 33.3 Å². The van der Waals surface area contributed by atoms with Crippen molar-refractivity contribution < 1.29 is 14.3 Å². The van der Waals surface area contributed by atoms with Crippen molar-refractivity contribution in [2.24, 2.45) is 0 Å². The van der Waals surface area contributed by atoms with Gasteiger partial charge in [0.1, 0.15) is 10.4 Å². The van der Waals surface area contributed by atoms with E-state index in [0.717, 1.165) is 21.6 Å². The normalized spacial score (nSPS) is 14.9. The van der Waals surface area contributed by atoms with Crippen molar-refractivity contribution in [3.8, 4) is 5.69 Å². The third-order valence-electron chi connectivity index (χ3n) is 4.97. The van der Waals surface area contributed by atoms with Crippen LogP contribution in [0.4, 0.5) is 4.79 Å². The number of amides is 2. The number of nitrogens with zero attached hydrogens (tertiary/aromatic N) is 4. The Labute approximate surface area is 179 Å². The van der Waals surface area contributed by atoms with E-state index in [-0.39, 0.29) is 12.0 Å². The summed E-state index contributed by atoms with van der Waals surface area (Å²) in [7, 11) is 0. The zero-order valence-corrected chi connectivity index (χ0v) is 18.5. The minimum absolute atomic E-state index is 0.000879. The number of ether oxygens (including phenoxy) is 1. The number of hydrogen-bond acceptors (Lipinski definition) is 5. The van der Waals surface area contributed by atoms with Gasteiger partial charge in [-0.25, -0.2) is 9.48 Å². The Hall–Kier alpha value is -2.87.